The summed E-state index contributed by atoms with van der Waals surface area (Å²) in [5.41, 5.74) is 0.877. The number of amides is 1. The van der Waals surface area contributed by atoms with Crippen LogP contribution in [0.1, 0.15) is 49.9 Å². The molecule has 5 nitrogen and oxygen atoms in total. The van der Waals surface area contributed by atoms with E-state index < -0.39 is 0 Å². The van der Waals surface area contributed by atoms with Crippen molar-refractivity contribution in [1.29, 1.82) is 0 Å². The molecule has 6 heteroatoms. The summed E-state index contributed by atoms with van der Waals surface area (Å²) in [4.78, 5) is 27.9. The summed E-state index contributed by atoms with van der Waals surface area (Å²) in [5, 5.41) is 5.96. The molecule has 1 saturated carbocycles. The van der Waals surface area contributed by atoms with Crippen LogP contribution >= 0.6 is 11.3 Å². The highest BCUT2D eigenvalue weighted by Crippen LogP contribution is 2.40. The van der Waals surface area contributed by atoms with E-state index in [2.05, 4.69) is 28.9 Å². The molecule has 3 atom stereocenters. The number of thiazole rings is 1. The lowest BCUT2D eigenvalue weighted by atomic mass is 10.2. The smallest absolute Gasteiger partial charge is 0.309 e. The molecule has 1 amide bonds. The highest BCUT2D eigenvalue weighted by atomic mass is 32.1. The van der Waals surface area contributed by atoms with E-state index in [1.807, 2.05) is 12.3 Å². The van der Waals surface area contributed by atoms with Crippen LogP contribution in [0.4, 0.5) is 0 Å². The molecule has 110 valence electrons. The molecule has 20 heavy (non-hydrogen) atoms. The highest BCUT2D eigenvalue weighted by Gasteiger charge is 2.49. The van der Waals surface area contributed by atoms with Crippen LogP contribution in [0.15, 0.2) is 5.38 Å². The summed E-state index contributed by atoms with van der Waals surface area (Å²) in [6.45, 7) is 6.10. The zero-order valence-corrected chi connectivity index (χ0v) is 13.0. The molecule has 0 radical (unpaired) electrons. The first-order valence-electron chi connectivity index (χ1n) is 6.77. The van der Waals surface area contributed by atoms with E-state index in [-0.39, 0.29) is 29.8 Å². The molecule has 1 aromatic rings. The largest absolute Gasteiger partial charge is 0.469 e. The van der Waals surface area contributed by atoms with Crippen LogP contribution in [-0.4, -0.2) is 24.0 Å². The van der Waals surface area contributed by atoms with Gasteiger partial charge >= 0.3 is 5.97 Å². The predicted octanol–water partition coefficient (Wildman–Crippen LogP) is 2.25. The minimum atomic E-state index is -0.298. The summed E-state index contributed by atoms with van der Waals surface area (Å²) in [7, 11) is 1.35. The molecule has 0 bridgehead atoms. The third-order valence-corrected chi connectivity index (χ3v) is 4.63. The number of carbonyl (C=O) groups is 2. The molecule has 1 aliphatic rings. The second-order valence-electron chi connectivity index (χ2n) is 5.47. The topological polar surface area (TPSA) is 68.3 Å². The monoisotopic (exact) mass is 296 g/mol. The molecule has 0 aliphatic heterocycles. The number of rotatable bonds is 5. The Hall–Kier alpha value is -1.43. The number of methoxy groups -OCH3 is 1. The normalized spacial score (nSPS) is 22.4. The van der Waals surface area contributed by atoms with Crippen molar-refractivity contribution in [3.8, 4) is 0 Å². The SMILES string of the molecule is COC(=O)[C@H]1C[C@@H]1C(=O)N[C@@H](C)c1csc(C(C)C)n1. The number of carbonyl (C=O) groups excluding carboxylic acids is 2. The highest BCUT2D eigenvalue weighted by molar-refractivity contribution is 7.09. The molecule has 0 spiro atoms. The van der Waals surface area contributed by atoms with E-state index in [1.54, 1.807) is 11.3 Å². The van der Waals surface area contributed by atoms with Gasteiger partial charge in [0.2, 0.25) is 5.91 Å². The number of hydrogen-bond donors (Lipinski definition) is 1. The Labute approximate surface area is 122 Å². The van der Waals surface area contributed by atoms with Crippen LogP contribution in [0.2, 0.25) is 0 Å². The van der Waals surface area contributed by atoms with Crippen molar-refractivity contribution in [1.82, 2.24) is 10.3 Å². The second-order valence-corrected chi connectivity index (χ2v) is 6.36. The first-order valence-corrected chi connectivity index (χ1v) is 7.65. The minimum Gasteiger partial charge on any atom is -0.469 e. The molecule has 0 aromatic carbocycles. The Balaban J connectivity index is 1.90. The van der Waals surface area contributed by atoms with Crippen molar-refractivity contribution in [2.75, 3.05) is 7.11 Å². The lowest BCUT2D eigenvalue weighted by Crippen LogP contribution is -2.29. The summed E-state index contributed by atoms with van der Waals surface area (Å²) in [6, 6.07) is -0.134. The van der Waals surface area contributed by atoms with Crippen LogP contribution in [0.25, 0.3) is 0 Å². The molecule has 1 aliphatic carbocycles. The number of nitrogens with zero attached hydrogens (tertiary/aromatic N) is 1. The second kappa shape index (κ2) is 5.91. The Morgan fingerprint density at radius 3 is 2.65 bits per heavy atom. The number of aromatic nitrogens is 1. The maximum Gasteiger partial charge on any atom is 0.309 e. The average molecular weight is 296 g/mol. The Kier molecular flexibility index (Phi) is 4.42. The molecule has 1 aromatic heterocycles. The van der Waals surface area contributed by atoms with Crippen molar-refractivity contribution in [3.63, 3.8) is 0 Å². The fraction of sp³-hybridized carbons (Fsp3) is 0.643. The van der Waals surface area contributed by atoms with Crippen molar-refractivity contribution < 1.29 is 14.3 Å². The van der Waals surface area contributed by atoms with Crippen molar-refractivity contribution in [3.05, 3.63) is 16.1 Å². The predicted molar refractivity (Wildman–Crippen MR) is 76.4 cm³/mol. The van der Waals surface area contributed by atoms with Gasteiger partial charge in [-0.2, -0.15) is 0 Å². The quantitative estimate of drug-likeness (QED) is 0.846. The molecule has 0 unspecified atom stereocenters. The molecule has 0 saturated heterocycles. The maximum atomic E-state index is 12.0. The molecular formula is C14H20N2O3S. The van der Waals surface area contributed by atoms with Gasteiger partial charge in [-0.15, -0.1) is 11.3 Å². The van der Waals surface area contributed by atoms with Gasteiger partial charge in [0, 0.05) is 11.3 Å². The summed E-state index contributed by atoms with van der Waals surface area (Å²) < 4.78 is 4.64. The van der Waals surface area contributed by atoms with E-state index in [4.69, 9.17) is 0 Å². The standard InChI is InChI=1S/C14H20N2O3S/c1-7(2)13-16-11(6-20-13)8(3)15-12(17)9-5-10(9)14(18)19-4/h6-10H,5H2,1-4H3,(H,15,17)/t8-,9-,10-/m0/s1. The molecule has 1 fully saturated rings. The lowest BCUT2D eigenvalue weighted by Gasteiger charge is -2.11. The number of esters is 1. The molecular weight excluding hydrogens is 276 g/mol. The van der Waals surface area contributed by atoms with E-state index in [9.17, 15) is 9.59 Å². The number of ether oxygens (including phenoxy) is 1. The van der Waals surface area contributed by atoms with Crippen LogP contribution < -0.4 is 5.32 Å². The molecule has 1 N–H and O–H groups in total. The van der Waals surface area contributed by atoms with Crippen molar-refractivity contribution in [2.24, 2.45) is 11.8 Å². The fourth-order valence-electron chi connectivity index (χ4n) is 2.06. The van der Waals surface area contributed by atoms with Crippen LogP contribution in [0, 0.1) is 11.8 Å². The summed E-state index contributed by atoms with van der Waals surface area (Å²) >= 11 is 1.61. The zero-order valence-electron chi connectivity index (χ0n) is 12.2. The number of hydrogen-bond acceptors (Lipinski definition) is 5. The van der Waals surface area contributed by atoms with Gasteiger partial charge in [0.15, 0.2) is 0 Å². The van der Waals surface area contributed by atoms with Crippen LogP contribution in [-0.2, 0) is 14.3 Å². The Morgan fingerprint density at radius 1 is 1.40 bits per heavy atom. The van der Waals surface area contributed by atoms with E-state index in [0.29, 0.717) is 12.3 Å². The minimum absolute atomic E-state index is 0.0907. The van der Waals surface area contributed by atoms with E-state index >= 15 is 0 Å². The molecule has 1 heterocycles. The third kappa shape index (κ3) is 3.17. The van der Waals surface area contributed by atoms with Gasteiger partial charge in [0.05, 0.1) is 35.7 Å². The van der Waals surface area contributed by atoms with Gasteiger partial charge in [0.1, 0.15) is 0 Å². The number of nitrogens with one attached hydrogen (secondary N) is 1. The zero-order chi connectivity index (χ0) is 14.9. The van der Waals surface area contributed by atoms with Gasteiger partial charge in [-0.25, -0.2) is 4.98 Å². The van der Waals surface area contributed by atoms with Gasteiger partial charge in [0.25, 0.3) is 0 Å². The van der Waals surface area contributed by atoms with Gasteiger partial charge in [-0.3, -0.25) is 9.59 Å². The summed E-state index contributed by atoms with van der Waals surface area (Å²) in [6.07, 6.45) is 0.583. The van der Waals surface area contributed by atoms with Gasteiger partial charge in [-0.1, -0.05) is 13.8 Å². The first kappa shape index (κ1) is 15.0. The van der Waals surface area contributed by atoms with Gasteiger partial charge < -0.3 is 10.1 Å². The molecule has 2 rings (SSSR count). The Morgan fingerprint density at radius 2 is 2.10 bits per heavy atom. The first-order chi connectivity index (χ1) is 9.43. The van der Waals surface area contributed by atoms with Crippen LogP contribution in [0.3, 0.4) is 0 Å². The van der Waals surface area contributed by atoms with Crippen molar-refractivity contribution in [2.45, 2.75) is 39.2 Å². The Bertz CT molecular complexity index is 512. The average Bonchev–Trinajstić information content (AvgIpc) is 3.05. The van der Waals surface area contributed by atoms with Crippen LogP contribution in [0.5, 0.6) is 0 Å². The summed E-state index contributed by atoms with van der Waals surface area (Å²) in [5.74, 6) is -0.508. The van der Waals surface area contributed by atoms with E-state index in [0.717, 1.165) is 10.7 Å². The third-order valence-electron chi connectivity index (χ3n) is 3.47. The maximum absolute atomic E-state index is 12.0. The van der Waals surface area contributed by atoms with E-state index in [1.165, 1.54) is 7.11 Å². The lowest BCUT2D eigenvalue weighted by molar-refractivity contribution is -0.143. The van der Waals surface area contributed by atoms with Crippen molar-refractivity contribution >= 4 is 23.2 Å². The fourth-order valence-corrected chi connectivity index (χ4v) is 2.98. The van der Waals surface area contributed by atoms with Gasteiger partial charge in [-0.05, 0) is 13.3 Å².